The molecule has 2 amide bonds. The lowest BCUT2D eigenvalue weighted by molar-refractivity contribution is -0.142. The molecular formula is C33H36N4O8S. The van der Waals surface area contributed by atoms with Gasteiger partial charge >= 0.3 is 0 Å². The van der Waals surface area contributed by atoms with Crippen LogP contribution in [-0.4, -0.2) is 83.1 Å². The van der Waals surface area contributed by atoms with Crippen LogP contribution in [0.25, 0.3) is 0 Å². The fourth-order valence-corrected chi connectivity index (χ4v) is 8.09. The maximum Gasteiger partial charge on any atom is 0.274 e. The van der Waals surface area contributed by atoms with E-state index < -0.39 is 27.5 Å². The lowest BCUT2D eigenvalue weighted by Crippen LogP contribution is -2.62. The fraction of sp³-hybridized carbons (Fsp3) is 0.364. The molecule has 13 heteroatoms. The summed E-state index contributed by atoms with van der Waals surface area (Å²) >= 11 is 0. The zero-order valence-electron chi connectivity index (χ0n) is 26.3. The van der Waals surface area contributed by atoms with Crippen LogP contribution in [0.5, 0.6) is 17.2 Å². The van der Waals surface area contributed by atoms with Crippen molar-refractivity contribution in [2.45, 2.75) is 42.3 Å². The van der Waals surface area contributed by atoms with Crippen LogP contribution in [0.3, 0.4) is 0 Å². The molecule has 0 bridgehead atoms. The van der Waals surface area contributed by atoms with Gasteiger partial charge in [-0.3, -0.25) is 14.5 Å². The highest BCUT2D eigenvalue weighted by Gasteiger charge is 2.62. The van der Waals surface area contributed by atoms with Gasteiger partial charge in [-0.1, -0.05) is 12.5 Å². The minimum atomic E-state index is -4.69. The first kappa shape index (κ1) is 32.7. The Morgan fingerprint density at radius 1 is 1.00 bits per heavy atom. The highest BCUT2D eigenvalue weighted by atomic mass is 32.2. The molecule has 3 aromatic rings. The van der Waals surface area contributed by atoms with Crippen molar-refractivity contribution in [3.63, 3.8) is 0 Å². The number of likely N-dealkylation sites (tertiary alicyclic amines) is 1. The number of sulfonamides is 1. The monoisotopic (exact) mass is 648 g/mol. The first-order chi connectivity index (χ1) is 22.0. The number of ether oxygens (including phenoxy) is 3. The molecule has 242 valence electrons. The van der Waals surface area contributed by atoms with Gasteiger partial charge in [0.25, 0.3) is 15.9 Å². The molecule has 2 aliphatic rings. The lowest BCUT2D eigenvalue weighted by Gasteiger charge is -2.47. The average molecular weight is 649 g/mol. The Morgan fingerprint density at radius 2 is 1.74 bits per heavy atom. The Balaban J connectivity index is 1.91. The summed E-state index contributed by atoms with van der Waals surface area (Å²) < 4.78 is 46.6. The molecule has 1 saturated heterocycles. The van der Waals surface area contributed by atoms with Crippen LogP contribution in [0.4, 0.5) is 5.69 Å². The van der Waals surface area contributed by atoms with Crippen molar-refractivity contribution < 1.29 is 37.3 Å². The predicted octanol–water partition coefficient (Wildman–Crippen LogP) is 3.00. The van der Waals surface area contributed by atoms with E-state index in [4.69, 9.17) is 14.2 Å². The number of aliphatic hydroxyl groups excluding tert-OH is 1. The van der Waals surface area contributed by atoms with E-state index in [1.807, 2.05) is 0 Å². The number of nitrogens with zero attached hydrogens (tertiary/aromatic N) is 4. The molecule has 5 rings (SSSR count). The number of aliphatic hydroxyl groups is 1. The summed E-state index contributed by atoms with van der Waals surface area (Å²) in [5.74, 6) is -0.608. The molecule has 0 radical (unpaired) electrons. The maximum atomic E-state index is 15.4. The second kappa shape index (κ2) is 12.6. The molecule has 12 nitrogen and oxygen atoms in total. The predicted molar refractivity (Wildman–Crippen MR) is 168 cm³/mol. The topological polar surface area (TPSA) is 150 Å². The number of amides is 2. The van der Waals surface area contributed by atoms with Crippen LogP contribution in [0, 0.1) is 11.3 Å². The van der Waals surface area contributed by atoms with Crippen LogP contribution >= 0.6 is 0 Å². The summed E-state index contributed by atoms with van der Waals surface area (Å²) in [6.07, 6.45) is 1.72. The van der Waals surface area contributed by atoms with Gasteiger partial charge in [0.05, 0.1) is 51.3 Å². The summed E-state index contributed by atoms with van der Waals surface area (Å²) in [7, 11) is 2.73. The van der Waals surface area contributed by atoms with E-state index in [0.717, 1.165) is 4.31 Å². The fourth-order valence-electron chi connectivity index (χ4n) is 6.49. The second-order valence-electron chi connectivity index (χ2n) is 11.3. The van der Waals surface area contributed by atoms with Crippen LogP contribution in [-0.2, 0) is 31.8 Å². The highest BCUT2D eigenvalue weighted by molar-refractivity contribution is 7.93. The highest BCUT2D eigenvalue weighted by Crippen LogP contribution is 2.55. The first-order valence-corrected chi connectivity index (χ1v) is 16.1. The molecule has 1 fully saturated rings. The standard InChI is InChI=1S/C33H36N4O8S/c1-35(2)31(39)27-8-6-7-15-36(27)33(25-17-22(20-38)10-13-28(25)44-4)24-16-21(19-34)9-12-26(24)37(32(33)40)46(41,42)30-14-11-23(43-3)18-29(30)45-5/h9-14,16-18,27,38H,6-8,15,20H2,1-5H3/t27-,33?/m0/s1. The molecule has 46 heavy (non-hydrogen) atoms. The largest absolute Gasteiger partial charge is 0.497 e. The van der Waals surface area contributed by atoms with E-state index in [9.17, 15) is 23.6 Å². The molecule has 2 atom stereocenters. The van der Waals surface area contributed by atoms with Gasteiger partial charge in [0.2, 0.25) is 5.91 Å². The molecule has 2 aliphatic heterocycles. The van der Waals surface area contributed by atoms with E-state index in [-0.39, 0.29) is 57.8 Å². The van der Waals surface area contributed by atoms with Crippen molar-refractivity contribution in [3.05, 3.63) is 76.9 Å². The Hall–Kier alpha value is -4.64. The van der Waals surface area contributed by atoms with Crippen molar-refractivity contribution in [2.24, 2.45) is 0 Å². The lowest BCUT2D eigenvalue weighted by atomic mass is 9.77. The minimum absolute atomic E-state index is 0.0138. The average Bonchev–Trinajstić information content (AvgIpc) is 3.35. The van der Waals surface area contributed by atoms with Gasteiger partial charge < -0.3 is 24.2 Å². The Kier molecular flexibility index (Phi) is 8.99. The van der Waals surface area contributed by atoms with E-state index >= 15 is 4.79 Å². The number of fused-ring (bicyclic) bond motifs is 1. The van der Waals surface area contributed by atoms with Gasteiger partial charge in [0, 0.05) is 37.8 Å². The van der Waals surface area contributed by atoms with Gasteiger partial charge in [-0.15, -0.1) is 0 Å². The number of carbonyl (C=O) groups is 2. The van der Waals surface area contributed by atoms with E-state index in [2.05, 4.69) is 6.07 Å². The first-order valence-electron chi connectivity index (χ1n) is 14.6. The van der Waals surface area contributed by atoms with Gasteiger partial charge in [-0.2, -0.15) is 5.26 Å². The molecule has 3 aromatic carbocycles. The molecule has 1 N–H and O–H groups in total. The third kappa shape index (κ3) is 5.02. The van der Waals surface area contributed by atoms with Crippen molar-refractivity contribution in [1.82, 2.24) is 9.80 Å². The number of anilines is 1. The van der Waals surface area contributed by atoms with Gasteiger partial charge in [0.1, 0.15) is 22.1 Å². The minimum Gasteiger partial charge on any atom is -0.497 e. The number of carbonyl (C=O) groups excluding carboxylic acids is 2. The van der Waals surface area contributed by atoms with Gasteiger partial charge in [-0.25, -0.2) is 12.7 Å². The normalized spacial score (nSPS) is 19.7. The van der Waals surface area contributed by atoms with Crippen LogP contribution in [0.2, 0.25) is 0 Å². The molecule has 1 unspecified atom stereocenters. The van der Waals surface area contributed by atoms with Crippen LogP contribution in [0.15, 0.2) is 59.5 Å². The number of methoxy groups -OCH3 is 3. The number of benzene rings is 3. The molecular weight excluding hydrogens is 612 g/mol. The zero-order valence-corrected chi connectivity index (χ0v) is 27.1. The van der Waals surface area contributed by atoms with E-state index in [0.29, 0.717) is 30.6 Å². The number of piperidine rings is 1. The van der Waals surface area contributed by atoms with Crippen molar-refractivity contribution in [2.75, 3.05) is 46.3 Å². The zero-order chi connectivity index (χ0) is 33.4. The number of likely N-dealkylation sites (N-methyl/N-ethyl adjacent to an activating group) is 1. The molecule has 2 heterocycles. The smallest absolute Gasteiger partial charge is 0.274 e. The maximum absolute atomic E-state index is 15.4. The third-order valence-corrected chi connectivity index (χ3v) is 10.3. The number of hydrogen-bond acceptors (Lipinski definition) is 10. The van der Waals surface area contributed by atoms with Crippen molar-refractivity contribution in [3.8, 4) is 23.3 Å². The van der Waals surface area contributed by atoms with Crippen LogP contribution in [0.1, 0.15) is 41.5 Å². The van der Waals surface area contributed by atoms with Gasteiger partial charge in [0.15, 0.2) is 5.54 Å². The molecule has 0 aromatic heterocycles. The van der Waals surface area contributed by atoms with Crippen molar-refractivity contribution >= 4 is 27.5 Å². The van der Waals surface area contributed by atoms with E-state index in [1.54, 1.807) is 37.2 Å². The molecule has 0 spiro atoms. The van der Waals surface area contributed by atoms with Crippen molar-refractivity contribution in [1.29, 1.82) is 5.26 Å². The Labute approximate surface area is 268 Å². The molecule has 0 saturated carbocycles. The van der Waals surface area contributed by atoms with E-state index in [1.165, 1.54) is 62.6 Å². The number of rotatable bonds is 9. The summed E-state index contributed by atoms with van der Waals surface area (Å²) in [6, 6.07) is 14.6. The molecule has 0 aliphatic carbocycles. The Morgan fingerprint density at radius 3 is 2.37 bits per heavy atom. The number of hydrogen-bond donors (Lipinski definition) is 1. The SMILES string of the molecule is COc1ccc(S(=O)(=O)N2C(=O)C(c3cc(CO)ccc3OC)(N3CCCC[C@H]3C(=O)N(C)C)c3cc(C#N)ccc32)c(OC)c1. The summed E-state index contributed by atoms with van der Waals surface area (Å²) in [5.41, 5.74) is -0.892. The second-order valence-corrected chi connectivity index (χ2v) is 13.0. The summed E-state index contributed by atoms with van der Waals surface area (Å²) in [4.78, 5) is 32.1. The van der Waals surface area contributed by atoms with Gasteiger partial charge in [-0.05, 0) is 60.9 Å². The third-order valence-electron chi connectivity index (χ3n) is 8.61. The summed E-state index contributed by atoms with van der Waals surface area (Å²) in [6.45, 7) is -0.129. The summed E-state index contributed by atoms with van der Waals surface area (Å²) in [5, 5.41) is 20.2. The Bertz CT molecular complexity index is 1840. The number of nitriles is 1. The van der Waals surface area contributed by atoms with Crippen LogP contribution < -0.4 is 18.5 Å². The quantitative estimate of drug-likeness (QED) is 0.367.